The molecular weight excluding hydrogens is 242 g/mol. The van der Waals surface area contributed by atoms with E-state index in [-0.39, 0.29) is 18.0 Å². The first kappa shape index (κ1) is 12.6. The minimum absolute atomic E-state index is 0.0319. The number of benzene rings is 1. The predicted octanol–water partition coefficient (Wildman–Crippen LogP) is 1.80. The Labute approximate surface area is 109 Å². The summed E-state index contributed by atoms with van der Waals surface area (Å²) in [5, 5.41) is 8.66. The number of hydrogen-bond acceptors (Lipinski definition) is 5. The van der Waals surface area contributed by atoms with Crippen LogP contribution in [0.4, 0.5) is 0 Å². The van der Waals surface area contributed by atoms with E-state index >= 15 is 0 Å². The molecule has 19 heavy (non-hydrogen) atoms. The van der Waals surface area contributed by atoms with Crippen LogP contribution in [-0.4, -0.2) is 21.5 Å². The van der Waals surface area contributed by atoms with E-state index in [0.717, 1.165) is 0 Å². The van der Waals surface area contributed by atoms with Crippen LogP contribution in [0.2, 0.25) is 0 Å². The van der Waals surface area contributed by atoms with Crippen LogP contribution in [-0.2, 0) is 0 Å². The molecule has 1 aromatic heterocycles. The van der Waals surface area contributed by atoms with Crippen LogP contribution in [0.15, 0.2) is 42.7 Å². The van der Waals surface area contributed by atoms with Crippen molar-refractivity contribution in [3.8, 4) is 6.07 Å². The largest absolute Gasteiger partial charge is 0.294 e. The zero-order valence-electron chi connectivity index (χ0n) is 9.91. The first-order valence-corrected chi connectivity index (χ1v) is 5.54. The van der Waals surface area contributed by atoms with Crippen LogP contribution in [0.5, 0.6) is 0 Å². The van der Waals surface area contributed by atoms with Gasteiger partial charge >= 0.3 is 0 Å². The molecule has 0 saturated carbocycles. The topological polar surface area (TPSA) is 83.7 Å². The van der Waals surface area contributed by atoms with E-state index in [1.54, 1.807) is 6.07 Å². The van der Waals surface area contributed by atoms with Gasteiger partial charge in [-0.15, -0.1) is 0 Å². The van der Waals surface area contributed by atoms with Crippen molar-refractivity contribution in [1.29, 1.82) is 5.26 Å². The van der Waals surface area contributed by atoms with E-state index in [1.165, 1.54) is 36.7 Å². The molecule has 0 amide bonds. The highest BCUT2D eigenvalue weighted by atomic mass is 16.1. The third-order valence-corrected chi connectivity index (χ3v) is 2.47. The van der Waals surface area contributed by atoms with Crippen LogP contribution in [0.1, 0.15) is 33.0 Å². The second-order valence-electron chi connectivity index (χ2n) is 3.78. The average Bonchev–Trinajstić information content (AvgIpc) is 2.48. The van der Waals surface area contributed by atoms with Crippen molar-refractivity contribution in [2.24, 2.45) is 0 Å². The normalized spacial score (nSPS) is 9.63. The summed E-state index contributed by atoms with van der Waals surface area (Å²) in [5.74, 6) is -0.707. The molecule has 0 bridgehead atoms. The summed E-state index contributed by atoms with van der Waals surface area (Å²) in [6, 6.07) is 9.69. The molecule has 0 aliphatic carbocycles. The number of ketones is 2. The predicted molar refractivity (Wildman–Crippen MR) is 66.5 cm³/mol. The van der Waals surface area contributed by atoms with Gasteiger partial charge in [0.15, 0.2) is 11.6 Å². The van der Waals surface area contributed by atoms with E-state index < -0.39 is 5.78 Å². The Morgan fingerprint density at radius 1 is 1.05 bits per heavy atom. The number of nitrogens with zero attached hydrogens (tertiary/aromatic N) is 3. The summed E-state index contributed by atoms with van der Waals surface area (Å²) in [7, 11) is 0. The Kier molecular flexibility index (Phi) is 3.74. The number of hydrogen-bond donors (Lipinski definition) is 0. The van der Waals surface area contributed by atoms with Gasteiger partial charge in [0.05, 0.1) is 18.1 Å². The number of rotatable bonds is 4. The fraction of sp³-hybridized carbons (Fsp3) is 0.0714. The monoisotopic (exact) mass is 251 g/mol. The van der Waals surface area contributed by atoms with Gasteiger partial charge in [-0.05, 0) is 18.2 Å². The molecule has 5 nitrogen and oxygen atoms in total. The van der Waals surface area contributed by atoms with E-state index in [9.17, 15) is 9.59 Å². The minimum Gasteiger partial charge on any atom is -0.294 e. The molecule has 0 saturated heterocycles. The quantitative estimate of drug-likeness (QED) is 0.611. The molecule has 1 heterocycles. The fourth-order valence-electron chi connectivity index (χ4n) is 1.50. The number of carbonyl (C=O) groups excluding carboxylic acids is 2. The Morgan fingerprint density at radius 3 is 2.26 bits per heavy atom. The van der Waals surface area contributed by atoms with Gasteiger partial charge in [-0.2, -0.15) is 5.26 Å². The lowest BCUT2D eigenvalue weighted by Gasteiger charge is -2.00. The van der Waals surface area contributed by atoms with Gasteiger partial charge in [-0.25, -0.2) is 9.97 Å². The van der Waals surface area contributed by atoms with Gasteiger partial charge in [0.25, 0.3) is 0 Å². The van der Waals surface area contributed by atoms with Crippen LogP contribution < -0.4 is 0 Å². The maximum Gasteiger partial charge on any atom is 0.207 e. The van der Waals surface area contributed by atoms with E-state index in [1.807, 2.05) is 6.07 Å². The van der Waals surface area contributed by atoms with Crippen LogP contribution in [0.3, 0.4) is 0 Å². The first-order valence-electron chi connectivity index (χ1n) is 5.54. The Morgan fingerprint density at radius 2 is 1.68 bits per heavy atom. The van der Waals surface area contributed by atoms with Gasteiger partial charge in [0, 0.05) is 18.0 Å². The Balaban J connectivity index is 2.09. The average molecular weight is 251 g/mol. The molecule has 0 unspecified atom stereocenters. The van der Waals surface area contributed by atoms with E-state index in [0.29, 0.717) is 11.1 Å². The molecule has 0 aliphatic rings. The molecule has 2 rings (SSSR count). The number of Topliss-reactive ketones (excluding diaryl/α,β-unsaturated/α-hetero) is 2. The lowest BCUT2D eigenvalue weighted by atomic mass is 10.0. The van der Waals surface area contributed by atoms with Gasteiger partial charge in [0.2, 0.25) is 5.78 Å². The number of aromatic nitrogens is 2. The van der Waals surface area contributed by atoms with Crippen molar-refractivity contribution in [2.45, 2.75) is 6.42 Å². The zero-order chi connectivity index (χ0) is 13.7. The van der Waals surface area contributed by atoms with Gasteiger partial charge in [-0.1, -0.05) is 12.1 Å². The van der Waals surface area contributed by atoms with Crippen molar-refractivity contribution in [2.75, 3.05) is 0 Å². The summed E-state index contributed by atoms with van der Waals surface area (Å²) in [5.41, 5.74) is 0.859. The van der Waals surface area contributed by atoms with E-state index in [2.05, 4.69) is 9.97 Å². The van der Waals surface area contributed by atoms with Crippen molar-refractivity contribution in [3.05, 3.63) is 59.7 Å². The maximum absolute atomic E-state index is 11.9. The van der Waals surface area contributed by atoms with Gasteiger partial charge in [0.1, 0.15) is 0 Å². The zero-order valence-corrected chi connectivity index (χ0v) is 9.91. The second-order valence-corrected chi connectivity index (χ2v) is 3.78. The minimum atomic E-state index is -0.421. The third kappa shape index (κ3) is 3.07. The molecule has 0 fully saturated rings. The molecule has 2 aromatic rings. The van der Waals surface area contributed by atoms with Crippen LogP contribution >= 0.6 is 0 Å². The van der Waals surface area contributed by atoms with Crippen molar-refractivity contribution in [3.63, 3.8) is 0 Å². The summed E-state index contributed by atoms with van der Waals surface area (Å²) in [6.45, 7) is 0. The Bertz CT molecular complexity index is 643. The molecule has 92 valence electrons. The smallest absolute Gasteiger partial charge is 0.207 e. The highest BCUT2D eigenvalue weighted by molar-refractivity contribution is 6.12. The molecule has 0 radical (unpaired) electrons. The first-order chi connectivity index (χ1) is 9.20. The SMILES string of the molecule is N#Cc1ccc(C(=O)CC(=O)c2ncccn2)cc1. The summed E-state index contributed by atoms with van der Waals surface area (Å²) >= 11 is 0. The number of carbonyl (C=O) groups is 2. The summed E-state index contributed by atoms with van der Waals surface area (Å²) in [4.78, 5) is 31.2. The molecular formula is C14H9N3O2. The molecule has 0 aliphatic heterocycles. The highest BCUT2D eigenvalue weighted by Gasteiger charge is 2.15. The van der Waals surface area contributed by atoms with Crippen molar-refractivity contribution < 1.29 is 9.59 Å². The molecule has 0 spiro atoms. The standard InChI is InChI=1S/C14H9N3O2/c15-9-10-2-4-11(5-3-10)12(18)8-13(19)14-16-6-1-7-17-14/h1-7H,8H2. The molecule has 1 aromatic carbocycles. The molecule has 5 heteroatoms. The van der Waals surface area contributed by atoms with Crippen molar-refractivity contribution >= 4 is 11.6 Å². The van der Waals surface area contributed by atoms with E-state index in [4.69, 9.17) is 5.26 Å². The van der Waals surface area contributed by atoms with Gasteiger partial charge < -0.3 is 0 Å². The molecule has 0 N–H and O–H groups in total. The van der Waals surface area contributed by atoms with Crippen molar-refractivity contribution in [1.82, 2.24) is 9.97 Å². The fourth-order valence-corrected chi connectivity index (χ4v) is 1.50. The van der Waals surface area contributed by atoms with Crippen LogP contribution in [0.25, 0.3) is 0 Å². The molecule has 0 atom stereocenters. The lowest BCUT2D eigenvalue weighted by Crippen LogP contribution is -2.11. The van der Waals surface area contributed by atoms with Gasteiger partial charge in [-0.3, -0.25) is 9.59 Å². The Hall–Kier alpha value is -2.87. The lowest BCUT2D eigenvalue weighted by molar-refractivity contribution is 0.0888. The number of nitriles is 1. The second kappa shape index (κ2) is 5.65. The highest BCUT2D eigenvalue weighted by Crippen LogP contribution is 2.08. The van der Waals surface area contributed by atoms with Crippen LogP contribution in [0, 0.1) is 11.3 Å². The third-order valence-electron chi connectivity index (χ3n) is 2.47. The maximum atomic E-state index is 11.9. The summed E-state index contributed by atoms with van der Waals surface area (Å²) < 4.78 is 0. The summed E-state index contributed by atoms with van der Waals surface area (Å²) in [6.07, 6.45) is 2.62.